The van der Waals surface area contributed by atoms with E-state index in [1.165, 1.54) is 60.5 Å². The van der Waals surface area contributed by atoms with Gasteiger partial charge in [-0.05, 0) is 145 Å². The van der Waals surface area contributed by atoms with E-state index in [2.05, 4.69) is 236 Å². The second-order valence-corrected chi connectivity index (χ2v) is 17.7. The summed E-state index contributed by atoms with van der Waals surface area (Å²) in [5.41, 5.74) is 18.6. The van der Waals surface area contributed by atoms with Gasteiger partial charge in [-0.15, -0.1) is 0 Å². The molecule has 3 nitrogen and oxygen atoms in total. The predicted molar refractivity (Wildman–Crippen MR) is 269 cm³/mol. The van der Waals surface area contributed by atoms with E-state index in [9.17, 15) is 0 Å². The van der Waals surface area contributed by atoms with E-state index in [0.29, 0.717) is 0 Å². The lowest BCUT2D eigenvalue weighted by Crippen LogP contribution is -2.16. The monoisotopic (exact) mass is 818 g/mol. The summed E-state index contributed by atoms with van der Waals surface area (Å²) >= 11 is 0. The molecule has 64 heavy (non-hydrogen) atoms. The van der Waals surface area contributed by atoms with Gasteiger partial charge in [-0.25, -0.2) is 0 Å². The number of aromatic nitrogens is 1. The standard InChI is InChI=1S/C61H42N2O/c1-61(2)55-19-11-9-17-51(55)52-33-30-48(38-56(52)61)62(46-27-23-40(24-28-46)39-13-5-3-6-14-39)47-29-32-50-44(36-47)22-21-43-35-41(25-31-49(43)50)42-26-34-57-54(37-42)60-59(53-18-10-12-20-58(53)64-60)63(57)45-15-7-4-8-16-45/h3-38H,1-2H3. The van der Waals surface area contributed by atoms with Gasteiger partial charge in [-0.1, -0.05) is 153 Å². The second kappa shape index (κ2) is 13.9. The molecule has 0 unspecified atom stereocenters. The van der Waals surface area contributed by atoms with Crippen molar-refractivity contribution in [2.45, 2.75) is 19.3 Å². The van der Waals surface area contributed by atoms with Crippen LogP contribution in [0.3, 0.4) is 0 Å². The Bertz CT molecular complexity index is 3800. The third-order valence-electron chi connectivity index (χ3n) is 13.8. The molecule has 0 amide bonds. The molecule has 0 saturated carbocycles. The Balaban J connectivity index is 0.910. The summed E-state index contributed by atoms with van der Waals surface area (Å²) in [6, 6.07) is 79.7. The van der Waals surface area contributed by atoms with Crippen molar-refractivity contribution < 1.29 is 4.42 Å². The molecule has 10 aromatic carbocycles. The van der Waals surface area contributed by atoms with Gasteiger partial charge >= 0.3 is 0 Å². The minimum absolute atomic E-state index is 0.107. The van der Waals surface area contributed by atoms with Crippen molar-refractivity contribution in [3.05, 3.63) is 230 Å². The molecule has 302 valence electrons. The Morgan fingerprint density at radius 2 is 1.00 bits per heavy atom. The Kier molecular flexibility index (Phi) is 7.95. The molecule has 0 atom stereocenters. The maximum absolute atomic E-state index is 6.60. The molecule has 3 heteroatoms. The number of hydrogen-bond donors (Lipinski definition) is 0. The first-order chi connectivity index (χ1) is 31.5. The number of anilines is 3. The number of rotatable bonds is 6. The van der Waals surface area contributed by atoms with E-state index in [0.717, 1.165) is 61.3 Å². The van der Waals surface area contributed by atoms with Gasteiger partial charge in [0.1, 0.15) is 11.1 Å². The molecule has 0 bridgehead atoms. The Labute approximate surface area is 371 Å². The van der Waals surface area contributed by atoms with Crippen LogP contribution in [-0.2, 0) is 5.41 Å². The highest BCUT2D eigenvalue weighted by atomic mass is 16.3. The minimum atomic E-state index is -0.107. The average molecular weight is 819 g/mol. The fraction of sp³-hybridized carbons (Fsp3) is 0.0492. The molecule has 0 N–H and O–H groups in total. The van der Waals surface area contributed by atoms with Crippen LogP contribution in [0.15, 0.2) is 223 Å². The summed E-state index contributed by atoms with van der Waals surface area (Å²) < 4.78 is 8.94. The SMILES string of the molecule is CC1(C)c2ccccc2-c2ccc(N(c3ccc(-c4ccccc4)cc3)c3ccc4c(ccc5cc(-c6ccc7c(c6)c6oc8ccccc8c6n7-c6ccccc6)ccc54)c3)cc21. The summed E-state index contributed by atoms with van der Waals surface area (Å²) in [5, 5.41) is 7.10. The first kappa shape index (κ1) is 36.5. The van der Waals surface area contributed by atoms with Gasteiger partial charge in [-0.2, -0.15) is 0 Å². The van der Waals surface area contributed by atoms with Crippen molar-refractivity contribution in [3.63, 3.8) is 0 Å². The van der Waals surface area contributed by atoms with E-state index < -0.39 is 0 Å². The lowest BCUT2D eigenvalue weighted by atomic mass is 9.82. The first-order valence-electron chi connectivity index (χ1n) is 22.2. The summed E-state index contributed by atoms with van der Waals surface area (Å²) in [7, 11) is 0. The van der Waals surface area contributed by atoms with Crippen LogP contribution in [0.25, 0.3) is 93.6 Å². The van der Waals surface area contributed by atoms with Gasteiger partial charge in [-0.3, -0.25) is 0 Å². The van der Waals surface area contributed by atoms with E-state index in [-0.39, 0.29) is 5.41 Å². The third kappa shape index (κ3) is 5.54. The van der Waals surface area contributed by atoms with E-state index in [4.69, 9.17) is 4.42 Å². The highest BCUT2D eigenvalue weighted by Crippen LogP contribution is 2.51. The van der Waals surface area contributed by atoms with Crippen molar-refractivity contribution in [1.82, 2.24) is 4.57 Å². The zero-order valence-corrected chi connectivity index (χ0v) is 35.6. The van der Waals surface area contributed by atoms with Crippen LogP contribution in [0.4, 0.5) is 17.1 Å². The van der Waals surface area contributed by atoms with Crippen LogP contribution in [-0.4, -0.2) is 4.57 Å². The number of benzene rings is 10. The number of furan rings is 1. The Morgan fingerprint density at radius 3 is 1.83 bits per heavy atom. The smallest absolute Gasteiger partial charge is 0.161 e. The Morgan fingerprint density at radius 1 is 0.406 bits per heavy atom. The molecule has 1 aliphatic carbocycles. The molecule has 0 spiro atoms. The van der Waals surface area contributed by atoms with Gasteiger partial charge in [0, 0.05) is 38.9 Å². The number of fused-ring (bicyclic) bond motifs is 11. The van der Waals surface area contributed by atoms with Crippen LogP contribution in [0.1, 0.15) is 25.0 Å². The molecule has 13 rings (SSSR count). The zero-order valence-electron chi connectivity index (χ0n) is 35.6. The molecule has 12 aromatic rings. The summed E-state index contributed by atoms with van der Waals surface area (Å²) in [5.74, 6) is 0. The van der Waals surface area contributed by atoms with Crippen molar-refractivity contribution in [2.75, 3.05) is 4.90 Å². The second-order valence-electron chi connectivity index (χ2n) is 17.7. The lowest BCUT2D eigenvalue weighted by Gasteiger charge is -2.28. The van der Waals surface area contributed by atoms with Gasteiger partial charge in [0.15, 0.2) is 5.58 Å². The molecule has 0 fully saturated rings. The average Bonchev–Trinajstić information content (AvgIpc) is 3.96. The molecule has 0 aliphatic heterocycles. The number of nitrogens with zero attached hydrogens (tertiary/aromatic N) is 2. The number of para-hydroxylation sites is 2. The van der Waals surface area contributed by atoms with Crippen LogP contribution in [0, 0.1) is 0 Å². The van der Waals surface area contributed by atoms with Gasteiger partial charge in [0.05, 0.1) is 5.52 Å². The maximum Gasteiger partial charge on any atom is 0.161 e. The normalized spacial score (nSPS) is 13.0. The highest BCUT2D eigenvalue weighted by Gasteiger charge is 2.35. The van der Waals surface area contributed by atoms with Crippen LogP contribution in [0.2, 0.25) is 0 Å². The molecular formula is C61H42N2O. The minimum Gasteiger partial charge on any atom is -0.454 e. The number of hydrogen-bond acceptors (Lipinski definition) is 2. The predicted octanol–water partition coefficient (Wildman–Crippen LogP) is 16.9. The van der Waals surface area contributed by atoms with Gasteiger partial charge < -0.3 is 13.9 Å². The van der Waals surface area contributed by atoms with E-state index in [1.807, 2.05) is 6.07 Å². The van der Waals surface area contributed by atoms with E-state index in [1.54, 1.807) is 0 Å². The third-order valence-corrected chi connectivity index (χ3v) is 13.8. The van der Waals surface area contributed by atoms with Gasteiger partial charge in [0.25, 0.3) is 0 Å². The molecule has 2 aromatic heterocycles. The van der Waals surface area contributed by atoms with Crippen LogP contribution in [0.5, 0.6) is 0 Å². The topological polar surface area (TPSA) is 21.3 Å². The molecule has 2 heterocycles. The zero-order chi connectivity index (χ0) is 42.5. The first-order valence-corrected chi connectivity index (χ1v) is 22.2. The van der Waals surface area contributed by atoms with Crippen molar-refractivity contribution in [1.29, 1.82) is 0 Å². The molecule has 0 saturated heterocycles. The van der Waals surface area contributed by atoms with Crippen molar-refractivity contribution >= 4 is 71.6 Å². The van der Waals surface area contributed by atoms with Crippen LogP contribution >= 0.6 is 0 Å². The lowest BCUT2D eigenvalue weighted by molar-refractivity contribution is 0.660. The maximum atomic E-state index is 6.60. The largest absolute Gasteiger partial charge is 0.454 e. The van der Waals surface area contributed by atoms with Crippen LogP contribution < -0.4 is 4.90 Å². The highest BCUT2D eigenvalue weighted by molar-refractivity contribution is 6.17. The fourth-order valence-electron chi connectivity index (χ4n) is 10.6. The summed E-state index contributed by atoms with van der Waals surface area (Å²) in [6.07, 6.45) is 0. The quantitative estimate of drug-likeness (QED) is 0.156. The fourth-order valence-corrected chi connectivity index (χ4v) is 10.6. The van der Waals surface area contributed by atoms with E-state index >= 15 is 0 Å². The van der Waals surface area contributed by atoms with Crippen molar-refractivity contribution in [2.24, 2.45) is 0 Å². The Hall–Kier alpha value is -8.14. The molecular weight excluding hydrogens is 777 g/mol. The summed E-state index contributed by atoms with van der Waals surface area (Å²) in [4.78, 5) is 2.42. The van der Waals surface area contributed by atoms with Crippen molar-refractivity contribution in [3.8, 4) is 39.1 Å². The summed E-state index contributed by atoms with van der Waals surface area (Å²) in [6.45, 7) is 4.71. The van der Waals surface area contributed by atoms with Gasteiger partial charge in [0.2, 0.25) is 0 Å². The molecule has 0 radical (unpaired) electrons. The molecule has 1 aliphatic rings.